The van der Waals surface area contributed by atoms with Gasteiger partial charge in [0, 0.05) is 0 Å². The Morgan fingerprint density at radius 3 is 2.61 bits per heavy atom. The van der Waals surface area contributed by atoms with Crippen molar-refractivity contribution < 1.29 is 13.2 Å². The molecule has 1 aromatic rings. The zero-order valence-corrected chi connectivity index (χ0v) is 10.7. The Morgan fingerprint density at radius 1 is 1.33 bits per heavy atom. The molecular weight excluding hydrogens is 261 g/mol. The Balaban J connectivity index is 2.22. The molecule has 6 heteroatoms. The van der Waals surface area contributed by atoms with Crippen LogP contribution in [0.3, 0.4) is 0 Å². The summed E-state index contributed by atoms with van der Waals surface area (Å²) in [5.74, 6) is 3.78. The van der Waals surface area contributed by atoms with E-state index in [0.717, 1.165) is 12.0 Å². The summed E-state index contributed by atoms with van der Waals surface area (Å²) in [4.78, 5) is 0. The minimum absolute atomic E-state index is 0.219. The Kier molecular flexibility index (Phi) is 4.29. The molecule has 1 heterocycles. The van der Waals surface area contributed by atoms with Crippen LogP contribution in [-0.2, 0) is 0 Å². The average Bonchev–Trinajstić information content (AvgIpc) is 2.83. The summed E-state index contributed by atoms with van der Waals surface area (Å²) in [6, 6.07) is 1.44. The molecule has 1 aromatic heterocycles. The van der Waals surface area contributed by atoms with Gasteiger partial charge < -0.3 is 0 Å². The molecule has 1 aliphatic carbocycles. The molecule has 0 bridgehead atoms. The zero-order valence-electron chi connectivity index (χ0n) is 9.91. The third kappa shape index (κ3) is 2.87. The van der Waals surface area contributed by atoms with Crippen molar-refractivity contribution in [2.75, 3.05) is 0 Å². The zero-order chi connectivity index (χ0) is 13.2. The lowest BCUT2D eigenvalue weighted by molar-refractivity contribution is -0.199. The fourth-order valence-electron chi connectivity index (χ4n) is 2.88. The van der Waals surface area contributed by atoms with E-state index in [-0.39, 0.29) is 6.42 Å². The first-order valence-corrected chi connectivity index (χ1v) is 7.03. The molecule has 2 rings (SSSR count). The highest BCUT2D eigenvalue weighted by Gasteiger charge is 2.47. The largest absolute Gasteiger partial charge is 0.392 e. The number of alkyl halides is 3. The summed E-state index contributed by atoms with van der Waals surface area (Å²) in [5.41, 5.74) is 3.45. The minimum Gasteiger partial charge on any atom is -0.271 e. The van der Waals surface area contributed by atoms with Crippen LogP contribution < -0.4 is 11.3 Å². The van der Waals surface area contributed by atoms with Gasteiger partial charge in [0.05, 0.1) is 12.0 Å². The average molecular weight is 278 g/mol. The van der Waals surface area contributed by atoms with Gasteiger partial charge in [-0.15, -0.1) is 0 Å². The van der Waals surface area contributed by atoms with Crippen LogP contribution >= 0.6 is 11.3 Å². The van der Waals surface area contributed by atoms with E-state index in [1.807, 2.05) is 16.8 Å². The maximum atomic E-state index is 13.1. The van der Waals surface area contributed by atoms with E-state index >= 15 is 0 Å². The third-order valence-corrected chi connectivity index (χ3v) is 4.45. The van der Waals surface area contributed by atoms with E-state index in [4.69, 9.17) is 5.84 Å². The number of hydrogen-bond donors (Lipinski definition) is 2. The van der Waals surface area contributed by atoms with Crippen LogP contribution in [-0.4, -0.2) is 6.18 Å². The molecule has 0 aliphatic heterocycles. The molecule has 18 heavy (non-hydrogen) atoms. The van der Waals surface area contributed by atoms with E-state index in [0.29, 0.717) is 12.8 Å². The second kappa shape index (κ2) is 5.59. The molecule has 1 fully saturated rings. The summed E-state index contributed by atoms with van der Waals surface area (Å²) < 4.78 is 39.2. The van der Waals surface area contributed by atoms with Crippen LogP contribution in [0.1, 0.15) is 37.3 Å². The molecule has 3 N–H and O–H groups in total. The first kappa shape index (κ1) is 13.8. The second-order valence-electron chi connectivity index (χ2n) is 4.80. The minimum atomic E-state index is -4.13. The second-order valence-corrected chi connectivity index (χ2v) is 5.58. The molecule has 3 atom stereocenters. The lowest BCUT2D eigenvalue weighted by Crippen LogP contribution is -2.42. The van der Waals surface area contributed by atoms with Crippen LogP contribution in [0.2, 0.25) is 0 Å². The molecular formula is C12H17F3N2S. The lowest BCUT2D eigenvalue weighted by atomic mass is 9.73. The van der Waals surface area contributed by atoms with Gasteiger partial charge in [0.2, 0.25) is 0 Å². The van der Waals surface area contributed by atoms with E-state index in [1.54, 1.807) is 0 Å². The van der Waals surface area contributed by atoms with Crippen molar-refractivity contribution in [3.63, 3.8) is 0 Å². The monoisotopic (exact) mass is 278 g/mol. The van der Waals surface area contributed by atoms with E-state index in [9.17, 15) is 13.2 Å². The normalized spacial score (nSPS) is 27.1. The highest BCUT2D eigenvalue weighted by Crippen LogP contribution is 2.46. The molecule has 0 spiro atoms. The maximum Gasteiger partial charge on any atom is 0.392 e. The van der Waals surface area contributed by atoms with Crippen molar-refractivity contribution in [2.45, 2.75) is 37.9 Å². The number of nitrogens with one attached hydrogen (secondary N) is 1. The van der Waals surface area contributed by atoms with Crippen molar-refractivity contribution in [3.8, 4) is 0 Å². The lowest BCUT2D eigenvalue weighted by Gasteiger charge is -2.37. The van der Waals surface area contributed by atoms with Gasteiger partial charge in [-0.05, 0) is 41.1 Å². The van der Waals surface area contributed by atoms with E-state index in [1.165, 1.54) is 11.3 Å². The Labute approximate surface area is 108 Å². The first-order chi connectivity index (χ1) is 8.54. The quantitative estimate of drug-likeness (QED) is 0.654. The highest BCUT2D eigenvalue weighted by atomic mass is 32.1. The smallest absolute Gasteiger partial charge is 0.271 e. The van der Waals surface area contributed by atoms with Gasteiger partial charge in [-0.2, -0.15) is 24.5 Å². The van der Waals surface area contributed by atoms with Crippen molar-refractivity contribution >= 4 is 11.3 Å². The van der Waals surface area contributed by atoms with Gasteiger partial charge in [-0.1, -0.05) is 12.8 Å². The third-order valence-electron chi connectivity index (χ3n) is 3.75. The van der Waals surface area contributed by atoms with Crippen molar-refractivity contribution in [1.29, 1.82) is 0 Å². The number of nitrogens with two attached hydrogens (primary N) is 1. The molecule has 0 aromatic carbocycles. The van der Waals surface area contributed by atoms with E-state index < -0.39 is 24.1 Å². The summed E-state index contributed by atoms with van der Waals surface area (Å²) >= 11 is 1.48. The molecule has 1 aliphatic rings. The van der Waals surface area contributed by atoms with Crippen LogP contribution in [0.25, 0.3) is 0 Å². The number of thiophene rings is 1. The summed E-state index contributed by atoms with van der Waals surface area (Å²) in [5, 5.41) is 3.73. The number of halogens is 3. The summed E-state index contributed by atoms with van der Waals surface area (Å²) in [7, 11) is 0. The molecule has 0 amide bonds. The van der Waals surface area contributed by atoms with Crippen LogP contribution in [0.4, 0.5) is 13.2 Å². The number of hydrazine groups is 1. The van der Waals surface area contributed by atoms with Gasteiger partial charge in [0.15, 0.2) is 0 Å². The summed E-state index contributed by atoms with van der Waals surface area (Å²) in [6.07, 6.45) is -1.83. The molecule has 0 radical (unpaired) electrons. The Bertz CT molecular complexity index is 364. The van der Waals surface area contributed by atoms with Crippen LogP contribution in [0.5, 0.6) is 0 Å². The molecule has 102 valence electrons. The number of hydrogen-bond acceptors (Lipinski definition) is 3. The van der Waals surface area contributed by atoms with Gasteiger partial charge in [-0.25, -0.2) is 0 Å². The van der Waals surface area contributed by atoms with Gasteiger partial charge in [-0.3, -0.25) is 11.3 Å². The predicted octanol–water partition coefficient (Wildman–Crippen LogP) is 3.62. The highest BCUT2D eigenvalue weighted by molar-refractivity contribution is 7.07. The number of rotatable bonds is 3. The predicted molar refractivity (Wildman–Crippen MR) is 65.9 cm³/mol. The van der Waals surface area contributed by atoms with Gasteiger partial charge in [0.25, 0.3) is 0 Å². The molecule has 0 saturated heterocycles. The van der Waals surface area contributed by atoms with Crippen molar-refractivity contribution in [2.24, 2.45) is 17.7 Å². The molecule has 1 saturated carbocycles. The Morgan fingerprint density at radius 2 is 2.06 bits per heavy atom. The van der Waals surface area contributed by atoms with E-state index in [2.05, 4.69) is 5.43 Å². The van der Waals surface area contributed by atoms with Gasteiger partial charge in [0.1, 0.15) is 0 Å². The standard InChI is InChI=1S/C12H17F3N2S/c13-12(14,15)10-4-2-1-3-9(10)11(17-16)8-5-6-18-7-8/h5-7,9-11,17H,1-4,16H2. The van der Waals surface area contributed by atoms with Gasteiger partial charge >= 0.3 is 6.18 Å². The first-order valence-electron chi connectivity index (χ1n) is 6.09. The van der Waals surface area contributed by atoms with Crippen LogP contribution in [0, 0.1) is 11.8 Å². The fraction of sp³-hybridized carbons (Fsp3) is 0.667. The SMILES string of the molecule is NNC(c1ccsc1)C1CCCCC1C(F)(F)F. The topological polar surface area (TPSA) is 38.0 Å². The summed E-state index contributed by atoms with van der Waals surface area (Å²) in [6.45, 7) is 0. The maximum absolute atomic E-state index is 13.1. The molecule has 2 nitrogen and oxygen atoms in total. The Hall–Kier alpha value is -0.590. The van der Waals surface area contributed by atoms with Crippen molar-refractivity contribution in [3.05, 3.63) is 22.4 Å². The molecule has 3 unspecified atom stereocenters. The fourth-order valence-corrected chi connectivity index (χ4v) is 3.58. The van der Waals surface area contributed by atoms with Crippen molar-refractivity contribution in [1.82, 2.24) is 5.43 Å². The van der Waals surface area contributed by atoms with Crippen LogP contribution in [0.15, 0.2) is 16.8 Å².